The Balaban J connectivity index is 0.000000426. The SMILES string of the molecule is COCCN(C)C1COC2(CCN(Cc3cccc(F)c3)CC2)C1.O=C(O)C(F)(F)F.O=C(O)C(F)(F)F. The fourth-order valence-electron chi connectivity index (χ4n) is 3.88. The van der Waals surface area contributed by atoms with E-state index in [-0.39, 0.29) is 11.4 Å². The van der Waals surface area contributed by atoms with E-state index in [0.717, 1.165) is 64.2 Å². The monoisotopic (exact) mass is 564 g/mol. The Labute approximate surface area is 214 Å². The molecule has 218 valence electrons. The topological polar surface area (TPSA) is 99.5 Å². The zero-order valence-electron chi connectivity index (χ0n) is 20.8. The molecule has 8 nitrogen and oxygen atoms in total. The largest absolute Gasteiger partial charge is 0.490 e. The number of carbonyl (C=O) groups is 2. The van der Waals surface area contributed by atoms with Crippen molar-refractivity contribution in [1.82, 2.24) is 9.80 Å². The smallest absolute Gasteiger partial charge is 0.475 e. The van der Waals surface area contributed by atoms with E-state index in [1.807, 2.05) is 6.07 Å². The van der Waals surface area contributed by atoms with Crippen molar-refractivity contribution in [3.05, 3.63) is 35.6 Å². The van der Waals surface area contributed by atoms with Crippen LogP contribution < -0.4 is 0 Å². The Morgan fingerprint density at radius 3 is 2.08 bits per heavy atom. The summed E-state index contributed by atoms with van der Waals surface area (Å²) in [4.78, 5) is 22.6. The third-order valence-electron chi connectivity index (χ3n) is 6.01. The maximum atomic E-state index is 13.3. The molecule has 0 amide bonds. The molecule has 2 aliphatic heterocycles. The standard InChI is InChI=1S/C19H29FN2O2.2C2HF3O2/c1-21(10-11-23-2)18-13-19(24-15-18)6-8-22(9-7-19)14-16-4-3-5-17(20)12-16;2*3-2(4,5)1(6)7/h3-5,12,18H,6-11,13-15H2,1-2H3;2*(H,6,7). The molecule has 0 aliphatic carbocycles. The van der Waals surface area contributed by atoms with Crippen LogP contribution in [0.3, 0.4) is 0 Å². The van der Waals surface area contributed by atoms with Gasteiger partial charge in [-0.3, -0.25) is 9.80 Å². The summed E-state index contributed by atoms with van der Waals surface area (Å²) in [6, 6.07) is 7.42. The highest BCUT2D eigenvalue weighted by molar-refractivity contribution is 5.73. The first-order valence-electron chi connectivity index (χ1n) is 11.4. The number of carboxylic acids is 2. The number of rotatable bonds is 6. The lowest BCUT2D eigenvalue weighted by molar-refractivity contribution is -0.193. The number of carboxylic acid groups (broad SMARTS) is 2. The molecular weight excluding hydrogens is 533 g/mol. The molecule has 1 aromatic carbocycles. The van der Waals surface area contributed by atoms with Crippen LogP contribution in [0, 0.1) is 5.82 Å². The summed E-state index contributed by atoms with van der Waals surface area (Å²) < 4.78 is 88.2. The van der Waals surface area contributed by atoms with E-state index in [1.54, 1.807) is 19.2 Å². The Morgan fingerprint density at radius 1 is 1.11 bits per heavy atom. The van der Waals surface area contributed by atoms with Crippen LogP contribution in [0.15, 0.2) is 24.3 Å². The molecule has 2 fully saturated rings. The second kappa shape index (κ2) is 14.6. The third-order valence-corrected chi connectivity index (χ3v) is 6.01. The van der Waals surface area contributed by atoms with Crippen molar-refractivity contribution >= 4 is 11.9 Å². The number of likely N-dealkylation sites (N-methyl/N-ethyl adjacent to an activating group) is 1. The second-order valence-electron chi connectivity index (χ2n) is 8.84. The first-order chi connectivity index (χ1) is 17.5. The van der Waals surface area contributed by atoms with Crippen LogP contribution in [0.25, 0.3) is 0 Å². The lowest BCUT2D eigenvalue weighted by Crippen LogP contribution is -2.44. The average molecular weight is 564 g/mol. The van der Waals surface area contributed by atoms with Gasteiger partial charge in [-0.1, -0.05) is 12.1 Å². The number of alkyl halides is 6. The lowest BCUT2D eigenvalue weighted by atomic mass is 9.87. The lowest BCUT2D eigenvalue weighted by Gasteiger charge is -2.39. The molecule has 2 aliphatic rings. The molecular formula is C23H31F7N2O6. The molecule has 0 radical (unpaired) electrons. The van der Waals surface area contributed by atoms with E-state index >= 15 is 0 Å². The Morgan fingerprint density at radius 2 is 1.63 bits per heavy atom. The minimum atomic E-state index is -5.08. The summed E-state index contributed by atoms with van der Waals surface area (Å²) in [6.45, 7) is 5.40. The predicted molar refractivity (Wildman–Crippen MR) is 120 cm³/mol. The van der Waals surface area contributed by atoms with E-state index in [0.29, 0.717) is 6.04 Å². The molecule has 0 bridgehead atoms. The molecule has 2 saturated heterocycles. The number of hydrogen-bond acceptors (Lipinski definition) is 6. The number of hydrogen-bond donors (Lipinski definition) is 2. The van der Waals surface area contributed by atoms with Gasteiger partial charge in [0.15, 0.2) is 0 Å². The van der Waals surface area contributed by atoms with E-state index < -0.39 is 24.3 Å². The van der Waals surface area contributed by atoms with Crippen LogP contribution in [0.4, 0.5) is 30.7 Å². The average Bonchev–Trinajstić information content (AvgIpc) is 3.22. The number of piperidine rings is 1. The Kier molecular flexibility index (Phi) is 12.9. The van der Waals surface area contributed by atoms with Crippen LogP contribution in [0.1, 0.15) is 24.8 Å². The molecule has 0 saturated carbocycles. The van der Waals surface area contributed by atoms with Gasteiger partial charge in [0.05, 0.1) is 18.8 Å². The highest BCUT2D eigenvalue weighted by Crippen LogP contribution is 2.37. The number of ether oxygens (including phenoxy) is 2. The van der Waals surface area contributed by atoms with Gasteiger partial charge < -0.3 is 19.7 Å². The zero-order valence-corrected chi connectivity index (χ0v) is 20.8. The maximum Gasteiger partial charge on any atom is 0.490 e. The maximum absolute atomic E-state index is 13.3. The molecule has 1 atom stereocenters. The van der Waals surface area contributed by atoms with Gasteiger partial charge in [0, 0.05) is 39.3 Å². The number of halogens is 7. The molecule has 15 heteroatoms. The zero-order chi connectivity index (χ0) is 29.1. The van der Waals surface area contributed by atoms with Crippen molar-refractivity contribution < 1.29 is 60.0 Å². The minimum absolute atomic E-state index is 0.0461. The quantitative estimate of drug-likeness (QED) is 0.504. The van der Waals surface area contributed by atoms with E-state index in [4.69, 9.17) is 29.3 Å². The van der Waals surface area contributed by atoms with E-state index in [1.165, 1.54) is 6.07 Å². The van der Waals surface area contributed by atoms with Gasteiger partial charge in [0.25, 0.3) is 0 Å². The highest BCUT2D eigenvalue weighted by Gasteiger charge is 2.43. The van der Waals surface area contributed by atoms with Crippen molar-refractivity contribution in [3.8, 4) is 0 Å². The van der Waals surface area contributed by atoms with Gasteiger partial charge >= 0.3 is 24.3 Å². The summed E-state index contributed by atoms with van der Waals surface area (Å²) in [5, 5.41) is 14.2. The molecule has 1 spiro atoms. The predicted octanol–water partition coefficient (Wildman–Crippen LogP) is 3.79. The molecule has 2 N–H and O–H groups in total. The molecule has 3 rings (SSSR count). The Hall–Kier alpha value is -2.49. The van der Waals surface area contributed by atoms with Crippen molar-refractivity contribution in [2.45, 2.75) is 49.8 Å². The van der Waals surface area contributed by atoms with Crippen LogP contribution in [0.2, 0.25) is 0 Å². The number of nitrogens with zero attached hydrogens (tertiary/aromatic N) is 2. The fraction of sp³-hybridized carbons (Fsp3) is 0.652. The van der Waals surface area contributed by atoms with E-state index in [9.17, 15) is 30.7 Å². The fourth-order valence-corrected chi connectivity index (χ4v) is 3.88. The molecule has 38 heavy (non-hydrogen) atoms. The normalized spacial score (nSPS) is 19.4. The summed E-state index contributed by atoms with van der Waals surface area (Å²) in [6.07, 6.45) is -6.92. The van der Waals surface area contributed by atoms with Crippen LogP contribution in [-0.4, -0.2) is 103 Å². The van der Waals surface area contributed by atoms with Gasteiger partial charge in [-0.15, -0.1) is 0 Å². The van der Waals surface area contributed by atoms with Crippen LogP contribution >= 0.6 is 0 Å². The summed E-state index contributed by atoms with van der Waals surface area (Å²) in [7, 11) is 3.90. The van der Waals surface area contributed by atoms with Gasteiger partial charge in [-0.2, -0.15) is 26.3 Å². The molecule has 2 heterocycles. The summed E-state index contributed by atoms with van der Waals surface area (Å²) in [5.74, 6) is -5.66. The van der Waals surface area contributed by atoms with Crippen molar-refractivity contribution in [2.24, 2.45) is 0 Å². The first kappa shape index (κ1) is 33.5. The molecule has 1 unspecified atom stereocenters. The summed E-state index contributed by atoms with van der Waals surface area (Å²) >= 11 is 0. The number of aliphatic carboxylic acids is 2. The van der Waals surface area contributed by atoms with Crippen LogP contribution in [-0.2, 0) is 25.6 Å². The van der Waals surface area contributed by atoms with Crippen molar-refractivity contribution in [3.63, 3.8) is 0 Å². The van der Waals surface area contributed by atoms with Crippen LogP contribution in [0.5, 0.6) is 0 Å². The molecule has 0 aromatic heterocycles. The number of likely N-dealkylation sites (tertiary alicyclic amines) is 1. The second-order valence-corrected chi connectivity index (χ2v) is 8.84. The van der Waals surface area contributed by atoms with Gasteiger partial charge in [0.2, 0.25) is 0 Å². The van der Waals surface area contributed by atoms with Gasteiger partial charge in [-0.25, -0.2) is 14.0 Å². The molecule has 1 aromatic rings. The van der Waals surface area contributed by atoms with Gasteiger partial charge in [0.1, 0.15) is 5.82 Å². The number of benzene rings is 1. The third kappa shape index (κ3) is 11.9. The van der Waals surface area contributed by atoms with E-state index in [2.05, 4.69) is 16.8 Å². The van der Waals surface area contributed by atoms with Crippen molar-refractivity contribution in [2.75, 3.05) is 47.0 Å². The van der Waals surface area contributed by atoms with Gasteiger partial charge in [-0.05, 0) is 44.0 Å². The number of methoxy groups -OCH3 is 1. The Bertz CT molecular complexity index is 866. The first-order valence-corrected chi connectivity index (χ1v) is 11.4. The summed E-state index contributed by atoms with van der Waals surface area (Å²) in [5.41, 5.74) is 1.10. The highest BCUT2D eigenvalue weighted by atomic mass is 19.4. The minimum Gasteiger partial charge on any atom is -0.475 e. The van der Waals surface area contributed by atoms with Crippen molar-refractivity contribution in [1.29, 1.82) is 0 Å².